The molecule has 1 atom stereocenters. The molecule has 2 heterocycles. The van der Waals surface area contributed by atoms with E-state index >= 15 is 0 Å². The van der Waals surface area contributed by atoms with Gasteiger partial charge in [0.15, 0.2) is 11.9 Å². The van der Waals surface area contributed by atoms with Gasteiger partial charge in [-0.3, -0.25) is 14.2 Å². The number of carbonyl (C=O) groups is 2. The molecule has 7 rings (SSSR count). The summed E-state index contributed by atoms with van der Waals surface area (Å²) in [5.74, 6) is 2.40. The number of carbonyl (C=O) groups excluding carboxylic acids is 2. The number of esters is 1. The number of aryl methyl sites for hydroxylation is 1. The highest BCUT2D eigenvalue weighted by atomic mass is 16.5. The summed E-state index contributed by atoms with van der Waals surface area (Å²) in [6, 6.07) is 4.94. The van der Waals surface area contributed by atoms with Gasteiger partial charge in [-0.1, -0.05) is 6.42 Å². The molecule has 1 aromatic heterocycles. The van der Waals surface area contributed by atoms with Crippen molar-refractivity contribution in [2.75, 3.05) is 0 Å². The topological polar surface area (TPSA) is 78.3 Å². The van der Waals surface area contributed by atoms with E-state index in [-0.39, 0.29) is 16.8 Å². The maximum atomic E-state index is 13.5. The van der Waals surface area contributed by atoms with Crippen LogP contribution in [0.1, 0.15) is 80.9 Å². The van der Waals surface area contributed by atoms with Crippen LogP contribution in [0.25, 0.3) is 10.9 Å². The molecule has 2 aromatic rings. The third-order valence-corrected chi connectivity index (χ3v) is 8.77. The van der Waals surface area contributed by atoms with Crippen LogP contribution in [0, 0.1) is 23.2 Å². The summed E-state index contributed by atoms with van der Waals surface area (Å²) in [6.07, 6.45) is 9.83. The third kappa shape index (κ3) is 3.53. The van der Waals surface area contributed by atoms with Crippen LogP contribution in [0.2, 0.25) is 0 Å². The lowest BCUT2D eigenvalue weighted by Gasteiger charge is -2.56. The highest BCUT2D eigenvalue weighted by molar-refractivity contribution is 5.97. The molecule has 6 heteroatoms. The molecule has 4 saturated carbocycles. The highest BCUT2D eigenvalue weighted by Crippen LogP contribution is 2.60. The molecule has 1 aliphatic heterocycles. The fourth-order valence-electron chi connectivity index (χ4n) is 7.67. The minimum absolute atomic E-state index is 0.0396. The van der Waals surface area contributed by atoms with Gasteiger partial charge in [-0.25, -0.2) is 9.78 Å². The van der Waals surface area contributed by atoms with E-state index in [1.54, 1.807) is 29.7 Å². The first-order chi connectivity index (χ1) is 15.9. The zero-order valence-electron chi connectivity index (χ0n) is 19.3. The minimum Gasteiger partial charge on any atom is -0.451 e. The first-order valence-corrected chi connectivity index (χ1v) is 12.7. The van der Waals surface area contributed by atoms with Gasteiger partial charge < -0.3 is 4.74 Å². The van der Waals surface area contributed by atoms with Crippen molar-refractivity contribution in [1.82, 2.24) is 9.55 Å². The standard InChI is InChI=1S/C27H32N2O4/c1-16(24(30)27-13-17-9-18(14-27)11-19(10-17)15-27)33-26(32)20-6-7-21-22(12-20)28-23-5-3-2-4-8-29(23)25(21)31/h6-7,12,16-19H,2-5,8-11,13-15H2,1H3. The van der Waals surface area contributed by atoms with Gasteiger partial charge in [-0.2, -0.15) is 0 Å². The first kappa shape index (κ1) is 21.1. The Hall–Kier alpha value is -2.50. The summed E-state index contributed by atoms with van der Waals surface area (Å²) in [5.41, 5.74) is 0.550. The molecule has 4 fully saturated rings. The highest BCUT2D eigenvalue weighted by Gasteiger charge is 2.55. The normalized spacial score (nSPS) is 31.1. The summed E-state index contributed by atoms with van der Waals surface area (Å²) in [7, 11) is 0. The molecule has 0 amide bonds. The maximum Gasteiger partial charge on any atom is 0.338 e. The summed E-state index contributed by atoms with van der Waals surface area (Å²) in [4.78, 5) is 44.1. The summed E-state index contributed by atoms with van der Waals surface area (Å²) >= 11 is 0. The predicted molar refractivity (Wildman–Crippen MR) is 124 cm³/mol. The molecule has 0 N–H and O–H groups in total. The van der Waals surface area contributed by atoms with Crippen molar-refractivity contribution in [3.05, 3.63) is 39.9 Å². The number of hydrogen-bond donors (Lipinski definition) is 0. The second-order valence-corrected chi connectivity index (χ2v) is 11.1. The molecule has 1 aromatic carbocycles. The molecule has 0 radical (unpaired) electrons. The summed E-state index contributed by atoms with van der Waals surface area (Å²) in [5, 5.41) is 0.523. The van der Waals surface area contributed by atoms with E-state index in [0.29, 0.717) is 40.8 Å². The Kier molecular flexibility index (Phi) is 4.96. The Morgan fingerprint density at radius 3 is 2.45 bits per heavy atom. The van der Waals surface area contributed by atoms with Crippen LogP contribution in [-0.2, 0) is 22.5 Å². The molecule has 0 spiro atoms. The van der Waals surface area contributed by atoms with Crippen molar-refractivity contribution in [2.24, 2.45) is 23.2 Å². The molecule has 5 aliphatic rings. The lowest BCUT2D eigenvalue weighted by molar-refractivity contribution is -0.152. The van der Waals surface area contributed by atoms with E-state index in [4.69, 9.17) is 9.72 Å². The Labute approximate surface area is 193 Å². The molecule has 174 valence electrons. The molecule has 6 nitrogen and oxygen atoms in total. The molecular formula is C27H32N2O4. The molecule has 4 aliphatic carbocycles. The average Bonchev–Trinajstić information content (AvgIpc) is 3.03. The molecule has 4 bridgehead atoms. The van der Waals surface area contributed by atoms with Gasteiger partial charge in [-0.05, 0) is 94.2 Å². The van der Waals surface area contributed by atoms with Gasteiger partial charge in [0, 0.05) is 18.4 Å². The second-order valence-electron chi connectivity index (χ2n) is 11.1. The largest absolute Gasteiger partial charge is 0.451 e. The Morgan fingerprint density at radius 1 is 1.06 bits per heavy atom. The van der Waals surface area contributed by atoms with Crippen molar-refractivity contribution in [3.63, 3.8) is 0 Å². The van der Waals surface area contributed by atoms with Crippen LogP contribution in [0.4, 0.5) is 0 Å². The zero-order valence-corrected chi connectivity index (χ0v) is 19.3. The predicted octanol–water partition coefficient (Wildman–Crippen LogP) is 4.45. The van der Waals surface area contributed by atoms with Gasteiger partial charge in [0.1, 0.15) is 5.82 Å². The van der Waals surface area contributed by atoms with Crippen LogP contribution >= 0.6 is 0 Å². The number of fused-ring (bicyclic) bond motifs is 2. The van der Waals surface area contributed by atoms with Crippen LogP contribution in [0.5, 0.6) is 0 Å². The smallest absolute Gasteiger partial charge is 0.338 e. The van der Waals surface area contributed by atoms with Crippen molar-refractivity contribution >= 4 is 22.7 Å². The number of nitrogens with zero attached hydrogens (tertiary/aromatic N) is 2. The number of aromatic nitrogens is 2. The van der Waals surface area contributed by atoms with E-state index < -0.39 is 12.1 Å². The van der Waals surface area contributed by atoms with Gasteiger partial charge in [-0.15, -0.1) is 0 Å². The zero-order chi connectivity index (χ0) is 22.7. The SMILES string of the molecule is CC(OC(=O)c1ccc2c(=O)n3c(nc2c1)CCCCC3)C(=O)C12CC3CC(CC(C3)C1)C2. The van der Waals surface area contributed by atoms with E-state index in [1.807, 2.05) is 0 Å². The van der Waals surface area contributed by atoms with Gasteiger partial charge >= 0.3 is 5.97 Å². The van der Waals surface area contributed by atoms with E-state index in [9.17, 15) is 14.4 Å². The molecular weight excluding hydrogens is 416 g/mol. The van der Waals surface area contributed by atoms with Crippen LogP contribution in [0.3, 0.4) is 0 Å². The van der Waals surface area contributed by atoms with E-state index in [1.165, 1.54) is 19.3 Å². The molecule has 33 heavy (non-hydrogen) atoms. The van der Waals surface area contributed by atoms with Gasteiger partial charge in [0.2, 0.25) is 0 Å². The average molecular weight is 449 g/mol. The second kappa shape index (κ2) is 7.78. The number of ketones is 1. The van der Waals surface area contributed by atoms with Crippen molar-refractivity contribution in [3.8, 4) is 0 Å². The third-order valence-electron chi connectivity index (χ3n) is 8.77. The minimum atomic E-state index is -0.755. The maximum absolute atomic E-state index is 13.5. The lowest BCUT2D eigenvalue weighted by atomic mass is 9.48. The Balaban J connectivity index is 1.23. The fourth-order valence-corrected chi connectivity index (χ4v) is 7.67. The quantitative estimate of drug-likeness (QED) is 0.646. The number of ether oxygens (including phenoxy) is 1. The van der Waals surface area contributed by atoms with Crippen molar-refractivity contribution in [1.29, 1.82) is 0 Å². The lowest BCUT2D eigenvalue weighted by Crippen LogP contribution is -2.52. The number of hydrogen-bond acceptors (Lipinski definition) is 5. The number of benzene rings is 1. The van der Waals surface area contributed by atoms with Gasteiger partial charge in [0.05, 0.1) is 16.5 Å². The van der Waals surface area contributed by atoms with Gasteiger partial charge in [0.25, 0.3) is 5.56 Å². The monoisotopic (exact) mass is 448 g/mol. The van der Waals surface area contributed by atoms with E-state index in [2.05, 4.69) is 0 Å². The Morgan fingerprint density at radius 2 is 1.76 bits per heavy atom. The van der Waals surface area contributed by atoms with Crippen molar-refractivity contribution in [2.45, 2.75) is 83.8 Å². The molecule has 1 unspecified atom stereocenters. The molecule has 0 saturated heterocycles. The fraction of sp³-hybridized carbons (Fsp3) is 0.630. The van der Waals surface area contributed by atoms with Crippen LogP contribution < -0.4 is 5.56 Å². The number of Topliss-reactive ketones (excluding diaryl/α,β-unsaturated/α-hetero) is 1. The van der Waals surface area contributed by atoms with Crippen LogP contribution in [-0.4, -0.2) is 27.4 Å². The summed E-state index contributed by atoms with van der Waals surface area (Å²) < 4.78 is 7.48. The number of rotatable bonds is 4. The summed E-state index contributed by atoms with van der Waals surface area (Å²) in [6.45, 7) is 2.43. The van der Waals surface area contributed by atoms with Crippen LogP contribution in [0.15, 0.2) is 23.0 Å². The Bertz CT molecular complexity index is 1160. The van der Waals surface area contributed by atoms with Crippen molar-refractivity contribution < 1.29 is 14.3 Å². The first-order valence-electron chi connectivity index (χ1n) is 12.7. The van der Waals surface area contributed by atoms with E-state index in [0.717, 1.165) is 50.8 Å².